The van der Waals surface area contributed by atoms with Crippen molar-refractivity contribution in [1.29, 1.82) is 0 Å². The Morgan fingerprint density at radius 1 is 1.25 bits per heavy atom. The van der Waals surface area contributed by atoms with Gasteiger partial charge in [-0.25, -0.2) is 0 Å². The first-order valence-corrected chi connectivity index (χ1v) is 8.11. The summed E-state index contributed by atoms with van der Waals surface area (Å²) in [4.78, 5) is 14.0. The van der Waals surface area contributed by atoms with Crippen LogP contribution in [0, 0.1) is 6.92 Å². The molecule has 1 atom stereocenters. The first-order chi connectivity index (χ1) is 11.6. The van der Waals surface area contributed by atoms with Crippen molar-refractivity contribution in [2.75, 3.05) is 19.7 Å². The molecule has 1 saturated heterocycles. The van der Waals surface area contributed by atoms with Gasteiger partial charge < -0.3 is 14.4 Å². The summed E-state index contributed by atoms with van der Waals surface area (Å²) in [6.07, 6.45) is 0.698. The van der Waals surface area contributed by atoms with E-state index in [2.05, 4.69) is 10.2 Å². The number of halogens is 1. The summed E-state index contributed by atoms with van der Waals surface area (Å²) in [6, 6.07) is 10.6. The summed E-state index contributed by atoms with van der Waals surface area (Å²) in [6.45, 7) is 3.04. The number of hydrogen-bond acceptors (Lipinski definition) is 5. The zero-order valence-electron chi connectivity index (χ0n) is 13.3. The maximum atomic E-state index is 12.2. The number of likely N-dealkylation sites (tertiary alicyclic amines) is 1. The lowest BCUT2D eigenvalue weighted by Gasteiger charge is -2.17. The van der Waals surface area contributed by atoms with E-state index in [1.165, 1.54) is 0 Å². The summed E-state index contributed by atoms with van der Waals surface area (Å²) in [7, 11) is 0. The van der Waals surface area contributed by atoms with Gasteiger partial charge in [0.25, 0.3) is 5.91 Å². The third-order valence-corrected chi connectivity index (χ3v) is 3.99. The summed E-state index contributed by atoms with van der Waals surface area (Å²) in [5.41, 5.74) is 0.838. The van der Waals surface area contributed by atoms with E-state index in [0.29, 0.717) is 29.7 Å². The van der Waals surface area contributed by atoms with Crippen molar-refractivity contribution < 1.29 is 14.3 Å². The minimum atomic E-state index is -0.0681. The van der Waals surface area contributed by atoms with E-state index in [4.69, 9.17) is 21.1 Å². The lowest BCUT2D eigenvalue weighted by Crippen LogP contribution is -2.34. The first-order valence-electron chi connectivity index (χ1n) is 7.73. The number of carbonyl (C=O) groups excluding carboxylic acids is 1. The van der Waals surface area contributed by atoms with Crippen LogP contribution >= 0.6 is 11.6 Å². The maximum Gasteiger partial charge on any atom is 0.260 e. The fourth-order valence-corrected chi connectivity index (χ4v) is 2.56. The highest BCUT2D eigenvalue weighted by molar-refractivity contribution is 6.30. The Kier molecular flexibility index (Phi) is 5.15. The summed E-state index contributed by atoms with van der Waals surface area (Å²) in [5, 5.41) is 8.58. The first kappa shape index (κ1) is 16.5. The van der Waals surface area contributed by atoms with Crippen LogP contribution in [0.2, 0.25) is 5.02 Å². The Morgan fingerprint density at radius 2 is 2.04 bits per heavy atom. The van der Waals surface area contributed by atoms with Crippen LogP contribution in [0.3, 0.4) is 0 Å². The van der Waals surface area contributed by atoms with E-state index in [0.717, 1.165) is 12.1 Å². The largest absolute Gasteiger partial charge is 0.484 e. The molecule has 0 spiro atoms. The molecule has 0 radical (unpaired) electrons. The van der Waals surface area contributed by atoms with Gasteiger partial charge in [0.1, 0.15) is 11.9 Å². The Hall–Kier alpha value is -2.34. The molecule has 24 heavy (non-hydrogen) atoms. The van der Waals surface area contributed by atoms with Crippen molar-refractivity contribution in [2.45, 2.75) is 19.4 Å². The molecule has 126 valence electrons. The molecule has 1 aliphatic rings. The van der Waals surface area contributed by atoms with Gasteiger partial charge in [0, 0.05) is 24.1 Å². The molecule has 0 bridgehead atoms. The summed E-state index contributed by atoms with van der Waals surface area (Å²) >= 11 is 5.81. The van der Waals surface area contributed by atoms with Gasteiger partial charge in [0.05, 0.1) is 12.2 Å². The Labute approximate surface area is 145 Å². The molecule has 1 fully saturated rings. The molecule has 0 aliphatic carbocycles. The molecule has 1 unspecified atom stereocenters. The minimum absolute atomic E-state index is 0.00130. The summed E-state index contributed by atoms with van der Waals surface area (Å²) < 4.78 is 11.3. The molecule has 2 heterocycles. The van der Waals surface area contributed by atoms with Gasteiger partial charge in [-0.2, -0.15) is 5.10 Å². The lowest BCUT2D eigenvalue weighted by molar-refractivity contribution is -0.132. The molecule has 2 aromatic rings. The number of benzene rings is 1. The molecule has 1 aromatic heterocycles. The van der Waals surface area contributed by atoms with Crippen LogP contribution in [-0.4, -0.2) is 46.8 Å². The fourth-order valence-electron chi connectivity index (χ4n) is 2.44. The topological polar surface area (TPSA) is 64.5 Å². The van der Waals surface area contributed by atoms with Crippen molar-refractivity contribution in [1.82, 2.24) is 15.1 Å². The Morgan fingerprint density at radius 3 is 2.75 bits per heavy atom. The number of hydrogen-bond donors (Lipinski definition) is 0. The molecule has 6 nitrogen and oxygen atoms in total. The second kappa shape index (κ2) is 7.49. The highest BCUT2D eigenvalue weighted by Gasteiger charge is 2.28. The second-order valence-electron chi connectivity index (χ2n) is 5.62. The van der Waals surface area contributed by atoms with Crippen molar-refractivity contribution >= 4 is 17.5 Å². The van der Waals surface area contributed by atoms with Gasteiger partial charge in [-0.1, -0.05) is 11.6 Å². The highest BCUT2D eigenvalue weighted by Crippen LogP contribution is 2.18. The average molecular weight is 348 g/mol. The minimum Gasteiger partial charge on any atom is -0.484 e. The van der Waals surface area contributed by atoms with Gasteiger partial charge in [-0.05, 0) is 37.3 Å². The van der Waals surface area contributed by atoms with Gasteiger partial charge in [-0.15, -0.1) is 5.10 Å². The smallest absolute Gasteiger partial charge is 0.260 e. The van der Waals surface area contributed by atoms with Gasteiger partial charge in [0.15, 0.2) is 6.61 Å². The normalized spacial score (nSPS) is 16.9. The molecule has 0 saturated carbocycles. The third kappa shape index (κ3) is 4.35. The van der Waals surface area contributed by atoms with E-state index in [1.54, 1.807) is 35.2 Å². The van der Waals surface area contributed by atoms with Crippen LogP contribution in [0.4, 0.5) is 0 Å². The predicted molar refractivity (Wildman–Crippen MR) is 89.3 cm³/mol. The summed E-state index contributed by atoms with van der Waals surface area (Å²) in [5.74, 6) is 1.04. The van der Waals surface area contributed by atoms with E-state index in [1.807, 2.05) is 13.0 Å². The number of rotatable bonds is 5. The van der Waals surface area contributed by atoms with Crippen molar-refractivity contribution in [3.8, 4) is 11.6 Å². The monoisotopic (exact) mass is 347 g/mol. The van der Waals surface area contributed by atoms with Crippen LogP contribution in [0.1, 0.15) is 12.1 Å². The fraction of sp³-hybridized carbons (Fsp3) is 0.353. The molecule has 1 amide bonds. The van der Waals surface area contributed by atoms with Crippen molar-refractivity contribution in [2.24, 2.45) is 0 Å². The van der Waals surface area contributed by atoms with E-state index in [9.17, 15) is 4.79 Å². The average Bonchev–Trinajstić information content (AvgIpc) is 3.05. The zero-order chi connectivity index (χ0) is 16.9. The van der Waals surface area contributed by atoms with Crippen molar-refractivity contribution in [3.63, 3.8) is 0 Å². The number of aromatic nitrogens is 2. The molecule has 3 rings (SSSR count). The van der Waals surface area contributed by atoms with E-state index < -0.39 is 0 Å². The molecular formula is C17H18ClN3O3. The molecule has 7 heteroatoms. The Bertz CT molecular complexity index is 691. The van der Waals surface area contributed by atoms with E-state index in [-0.39, 0.29) is 18.6 Å². The molecule has 1 aromatic carbocycles. The number of carbonyl (C=O) groups is 1. The van der Waals surface area contributed by atoms with Gasteiger partial charge in [-0.3, -0.25) is 4.79 Å². The second-order valence-corrected chi connectivity index (χ2v) is 6.06. The number of nitrogens with zero attached hydrogens (tertiary/aromatic N) is 3. The van der Waals surface area contributed by atoms with Crippen LogP contribution in [0.5, 0.6) is 11.6 Å². The molecular weight excluding hydrogens is 330 g/mol. The van der Waals surface area contributed by atoms with Gasteiger partial charge >= 0.3 is 0 Å². The van der Waals surface area contributed by atoms with Crippen LogP contribution in [0.15, 0.2) is 36.4 Å². The third-order valence-electron chi connectivity index (χ3n) is 3.73. The molecule has 0 N–H and O–H groups in total. The molecule has 1 aliphatic heterocycles. The zero-order valence-corrected chi connectivity index (χ0v) is 14.1. The van der Waals surface area contributed by atoms with Crippen LogP contribution in [-0.2, 0) is 4.79 Å². The maximum absolute atomic E-state index is 12.2. The number of ether oxygens (including phenoxy) is 2. The predicted octanol–water partition coefficient (Wildman–Crippen LogP) is 2.50. The van der Waals surface area contributed by atoms with Crippen LogP contribution < -0.4 is 9.47 Å². The van der Waals surface area contributed by atoms with Crippen LogP contribution in [0.25, 0.3) is 0 Å². The SMILES string of the molecule is Cc1ccc(OC2CCN(C(=O)COc3ccc(Cl)cc3)C2)nn1. The van der Waals surface area contributed by atoms with E-state index >= 15 is 0 Å². The number of aryl methyl sites for hydroxylation is 1. The highest BCUT2D eigenvalue weighted by atomic mass is 35.5. The van der Waals surface area contributed by atoms with Crippen molar-refractivity contribution in [3.05, 3.63) is 47.1 Å². The quantitative estimate of drug-likeness (QED) is 0.831. The standard InChI is InChI=1S/C17H18ClN3O3/c1-12-2-7-16(20-19-12)24-15-8-9-21(10-15)17(22)11-23-14-5-3-13(18)4-6-14/h2-7,15H,8-11H2,1H3. The lowest BCUT2D eigenvalue weighted by atomic mass is 10.3. The number of amides is 1. The van der Waals surface area contributed by atoms with Gasteiger partial charge in [0.2, 0.25) is 5.88 Å². The Balaban J connectivity index is 1.46.